The Hall–Kier alpha value is -0.470. The Morgan fingerprint density at radius 2 is 1.82 bits per heavy atom. The van der Waals surface area contributed by atoms with Gasteiger partial charge < -0.3 is 5.11 Å². The van der Waals surface area contributed by atoms with Gasteiger partial charge in [-0.25, -0.2) is 0 Å². The van der Waals surface area contributed by atoms with Crippen molar-refractivity contribution in [1.29, 1.82) is 0 Å². The van der Waals surface area contributed by atoms with Crippen LogP contribution in [-0.2, 0) is 6.42 Å². The highest BCUT2D eigenvalue weighted by molar-refractivity contribution is 7.98. The summed E-state index contributed by atoms with van der Waals surface area (Å²) in [6.45, 7) is 0. The topological polar surface area (TPSA) is 20.2 Å². The summed E-state index contributed by atoms with van der Waals surface area (Å²) in [5, 5.41) is 10.2. The predicted octanol–water partition coefficient (Wildman–Crippen LogP) is 3.89. The van der Waals surface area contributed by atoms with Gasteiger partial charge in [0.15, 0.2) is 0 Å². The third-order valence-corrected chi connectivity index (χ3v) is 4.54. The quantitative estimate of drug-likeness (QED) is 0.818. The van der Waals surface area contributed by atoms with E-state index in [9.17, 15) is 5.11 Å². The van der Waals surface area contributed by atoms with Crippen molar-refractivity contribution in [3.05, 3.63) is 29.8 Å². The molecule has 1 aromatic carbocycles. The highest BCUT2D eigenvalue weighted by Crippen LogP contribution is 2.28. The standard InChI is InChI=1S/C15H22OS/c1-17-14-9-7-12(8-10-14)11-15(16)13-5-3-2-4-6-13/h7-10,13,15-16H,2-6,11H2,1H3. The minimum Gasteiger partial charge on any atom is -0.392 e. The van der Waals surface area contributed by atoms with Crippen LogP contribution in [-0.4, -0.2) is 17.5 Å². The molecule has 94 valence electrons. The Kier molecular flexibility index (Phi) is 4.93. The molecule has 0 aliphatic heterocycles. The minimum absolute atomic E-state index is 0.143. The van der Waals surface area contributed by atoms with Crippen LogP contribution in [0.5, 0.6) is 0 Å². The molecule has 2 rings (SSSR count). The smallest absolute Gasteiger partial charge is 0.0608 e. The summed E-state index contributed by atoms with van der Waals surface area (Å²) in [4.78, 5) is 1.29. The second-order valence-electron chi connectivity index (χ2n) is 5.02. The van der Waals surface area contributed by atoms with E-state index in [0.717, 1.165) is 6.42 Å². The van der Waals surface area contributed by atoms with Crippen molar-refractivity contribution >= 4 is 11.8 Å². The summed E-state index contributed by atoms with van der Waals surface area (Å²) in [6, 6.07) is 8.59. The van der Waals surface area contributed by atoms with Gasteiger partial charge in [0.25, 0.3) is 0 Å². The second-order valence-corrected chi connectivity index (χ2v) is 5.90. The van der Waals surface area contributed by atoms with Crippen molar-refractivity contribution in [2.24, 2.45) is 5.92 Å². The molecule has 1 fully saturated rings. The molecule has 1 atom stereocenters. The Morgan fingerprint density at radius 3 is 2.41 bits per heavy atom. The van der Waals surface area contributed by atoms with Crippen molar-refractivity contribution < 1.29 is 5.11 Å². The van der Waals surface area contributed by atoms with Crippen LogP contribution < -0.4 is 0 Å². The fraction of sp³-hybridized carbons (Fsp3) is 0.600. The van der Waals surface area contributed by atoms with Crippen LogP contribution in [0.3, 0.4) is 0 Å². The lowest BCUT2D eigenvalue weighted by atomic mass is 9.83. The largest absolute Gasteiger partial charge is 0.392 e. The maximum absolute atomic E-state index is 10.2. The molecular formula is C15H22OS. The van der Waals surface area contributed by atoms with E-state index in [-0.39, 0.29) is 6.10 Å². The first-order chi connectivity index (χ1) is 8.29. The van der Waals surface area contributed by atoms with E-state index >= 15 is 0 Å². The van der Waals surface area contributed by atoms with Gasteiger partial charge in [0.1, 0.15) is 0 Å². The van der Waals surface area contributed by atoms with Gasteiger partial charge in [0.2, 0.25) is 0 Å². The number of aliphatic hydroxyl groups excluding tert-OH is 1. The number of benzene rings is 1. The molecule has 17 heavy (non-hydrogen) atoms. The fourth-order valence-electron chi connectivity index (χ4n) is 2.69. The third kappa shape index (κ3) is 3.75. The fourth-order valence-corrected chi connectivity index (χ4v) is 3.10. The van der Waals surface area contributed by atoms with Crippen LogP contribution in [0.2, 0.25) is 0 Å². The van der Waals surface area contributed by atoms with Gasteiger partial charge in [0.05, 0.1) is 6.10 Å². The normalized spacial score (nSPS) is 19.2. The zero-order valence-electron chi connectivity index (χ0n) is 10.6. The summed E-state index contributed by atoms with van der Waals surface area (Å²) >= 11 is 1.76. The average Bonchev–Trinajstić information content (AvgIpc) is 2.40. The number of rotatable bonds is 4. The van der Waals surface area contributed by atoms with Crippen molar-refractivity contribution in [1.82, 2.24) is 0 Å². The molecule has 0 radical (unpaired) electrons. The van der Waals surface area contributed by atoms with Gasteiger partial charge in [-0.1, -0.05) is 31.4 Å². The van der Waals surface area contributed by atoms with E-state index in [1.807, 2.05) is 0 Å². The van der Waals surface area contributed by atoms with Crippen molar-refractivity contribution in [2.45, 2.75) is 49.5 Å². The number of thioether (sulfide) groups is 1. The summed E-state index contributed by atoms with van der Waals surface area (Å²) < 4.78 is 0. The molecule has 1 aliphatic rings. The van der Waals surface area contributed by atoms with Crippen LogP contribution in [0.25, 0.3) is 0 Å². The van der Waals surface area contributed by atoms with Gasteiger partial charge in [-0.3, -0.25) is 0 Å². The average molecular weight is 250 g/mol. The number of hydrogen-bond acceptors (Lipinski definition) is 2. The molecule has 0 amide bonds. The molecule has 0 spiro atoms. The van der Waals surface area contributed by atoms with E-state index in [0.29, 0.717) is 5.92 Å². The lowest BCUT2D eigenvalue weighted by molar-refractivity contribution is 0.0851. The molecule has 0 heterocycles. The Morgan fingerprint density at radius 1 is 1.18 bits per heavy atom. The summed E-state index contributed by atoms with van der Waals surface area (Å²) in [6.07, 6.45) is 9.14. The van der Waals surface area contributed by atoms with Crippen molar-refractivity contribution in [2.75, 3.05) is 6.26 Å². The Bertz CT molecular complexity index is 327. The predicted molar refractivity (Wildman–Crippen MR) is 74.5 cm³/mol. The van der Waals surface area contributed by atoms with E-state index in [1.54, 1.807) is 11.8 Å². The number of aliphatic hydroxyl groups is 1. The Balaban J connectivity index is 1.89. The van der Waals surface area contributed by atoms with E-state index in [4.69, 9.17) is 0 Å². The van der Waals surface area contributed by atoms with Crippen LogP contribution >= 0.6 is 11.8 Å². The molecule has 0 saturated heterocycles. The maximum Gasteiger partial charge on any atom is 0.0608 e. The van der Waals surface area contributed by atoms with Gasteiger partial charge in [-0.05, 0) is 49.1 Å². The van der Waals surface area contributed by atoms with Crippen LogP contribution in [0.15, 0.2) is 29.2 Å². The van der Waals surface area contributed by atoms with Crippen LogP contribution in [0, 0.1) is 5.92 Å². The molecule has 0 bridgehead atoms. The molecule has 1 nitrogen and oxygen atoms in total. The van der Waals surface area contributed by atoms with Crippen LogP contribution in [0.1, 0.15) is 37.7 Å². The molecule has 1 aliphatic carbocycles. The number of hydrogen-bond donors (Lipinski definition) is 1. The first-order valence-electron chi connectivity index (χ1n) is 6.60. The zero-order chi connectivity index (χ0) is 12.1. The Labute approximate surface area is 109 Å². The van der Waals surface area contributed by atoms with Crippen molar-refractivity contribution in [3.8, 4) is 0 Å². The van der Waals surface area contributed by atoms with Crippen molar-refractivity contribution in [3.63, 3.8) is 0 Å². The SMILES string of the molecule is CSc1ccc(CC(O)C2CCCCC2)cc1. The first kappa shape index (κ1) is 13.0. The zero-order valence-corrected chi connectivity index (χ0v) is 11.4. The molecule has 1 saturated carbocycles. The van der Waals surface area contributed by atoms with Gasteiger partial charge in [0, 0.05) is 4.90 Å². The molecule has 1 unspecified atom stereocenters. The van der Waals surface area contributed by atoms with Gasteiger partial charge in [-0.15, -0.1) is 11.8 Å². The first-order valence-corrected chi connectivity index (χ1v) is 7.83. The molecule has 0 aromatic heterocycles. The van der Waals surface area contributed by atoms with Crippen LogP contribution in [0.4, 0.5) is 0 Å². The van der Waals surface area contributed by atoms with E-state index in [2.05, 4.69) is 30.5 Å². The maximum atomic E-state index is 10.2. The lowest BCUT2D eigenvalue weighted by Crippen LogP contribution is -2.24. The van der Waals surface area contributed by atoms with E-state index < -0.39 is 0 Å². The van der Waals surface area contributed by atoms with Gasteiger partial charge in [-0.2, -0.15) is 0 Å². The molecular weight excluding hydrogens is 228 g/mol. The van der Waals surface area contributed by atoms with Gasteiger partial charge >= 0.3 is 0 Å². The monoisotopic (exact) mass is 250 g/mol. The van der Waals surface area contributed by atoms with E-state index in [1.165, 1.54) is 42.6 Å². The highest BCUT2D eigenvalue weighted by Gasteiger charge is 2.21. The summed E-state index contributed by atoms with van der Waals surface area (Å²) in [5.74, 6) is 0.531. The molecule has 1 aromatic rings. The third-order valence-electron chi connectivity index (χ3n) is 3.80. The summed E-state index contributed by atoms with van der Waals surface area (Å²) in [7, 11) is 0. The minimum atomic E-state index is -0.143. The molecule has 1 N–H and O–H groups in total. The molecule has 2 heteroatoms. The lowest BCUT2D eigenvalue weighted by Gasteiger charge is -2.26. The highest BCUT2D eigenvalue weighted by atomic mass is 32.2. The second kappa shape index (κ2) is 6.46. The summed E-state index contributed by atoms with van der Waals surface area (Å²) in [5.41, 5.74) is 1.26.